The Kier molecular flexibility index (Phi) is 5.19. The quantitative estimate of drug-likeness (QED) is 0.540. The Hall–Kier alpha value is -1.32. The van der Waals surface area contributed by atoms with Gasteiger partial charge < -0.3 is 0 Å². The van der Waals surface area contributed by atoms with Crippen molar-refractivity contribution in [2.45, 2.75) is 39.0 Å². The van der Waals surface area contributed by atoms with Crippen LogP contribution in [-0.4, -0.2) is 5.78 Å². The fraction of sp³-hybridized carbons (Fsp3) is 0.462. The van der Waals surface area contributed by atoms with Crippen LogP contribution in [0.1, 0.15) is 49.4 Å². The van der Waals surface area contributed by atoms with Gasteiger partial charge in [-0.25, -0.2) is 13.2 Å². The molecule has 1 aromatic carbocycles. The third-order valence-corrected chi connectivity index (χ3v) is 2.54. The van der Waals surface area contributed by atoms with Crippen molar-refractivity contribution < 1.29 is 18.0 Å². The highest BCUT2D eigenvalue weighted by molar-refractivity contribution is 5.96. The number of ketones is 1. The molecule has 0 saturated carbocycles. The van der Waals surface area contributed by atoms with Crippen LogP contribution in [0.5, 0.6) is 0 Å². The average molecular weight is 244 g/mol. The summed E-state index contributed by atoms with van der Waals surface area (Å²) in [4.78, 5) is 11.6. The molecule has 0 heterocycles. The van der Waals surface area contributed by atoms with E-state index in [1.165, 1.54) is 0 Å². The average Bonchev–Trinajstić information content (AvgIpc) is 2.23. The van der Waals surface area contributed by atoms with Crippen molar-refractivity contribution in [1.29, 1.82) is 0 Å². The third-order valence-electron chi connectivity index (χ3n) is 2.54. The topological polar surface area (TPSA) is 17.1 Å². The molecular weight excluding hydrogens is 229 g/mol. The van der Waals surface area contributed by atoms with E-state index in [0.29, 0.717) is 18.6 Å². The van der Waals surface area contributed by atoms with Crippen molar-refractivity contribution in [1.82, 2.24) is 0 Å². The Morgan fingerprint density at radius 1 is 1.06 bits per heavy atom. The van der Waals surface area contributed by atoms with E-state index in [1.807, 2.05) is 6.92 Å². The molecule has 0 fully saturated rings. The molecule has 0 N–H and O–H groups in total. The predicted molar refractivity (Wildman–Crippen MR) is 59.4 cm³/mol. The van der Waals surface area contributed by atoms with E-state index in [2.05, 4.69) is 0 Å². The highest BCUT2D eigenvalue weighted by Crippen LogP contribution is 2.18. The summed E-state index contributed by atoms with van der Waals surface area (Å²) in [7, 11) is 0. The third kappa shape index (κ3) is 3.88. The van der Waals surface area contributed by atoms with E-state index >= 15 is 0 Å². The van der Waals surface area contributed by atoms with Crippen LogP contribution in [0.15, 0.2) is 12.1 Å². The standard InChI is InChI=1S/C13H15F3O/c1-2-3-4-5-6-12(17)13-10(15)7-9(14)8-11(13)16/h7-8H,2-6H2,1H3. The molecule has 0 aliphatic heterocycles. The number of carbonyl (C=O) groups is 1. The molecule has 0 aromatic heterocycles. The van der Waals surface area contributed by atoms with Gasteiger partial charge in [0.15, 0.2) is 5.78 Å². The number of benzene rings is 1. The number of unbranched alkanes of at least 4 members (excludes halogenated alkanes) is 3. The first-order valence-electron chi connectivity index (χ1n) is 5.74. The molecule has 0 spiro atoms. The molecule has 0 saturated heterocycles. The van der Waals surface area contributed by atoms with Crippen molar-refractivity contribution in [2.75, 3.05) is 0 Å². The fourth-order valence-corrected chi connectivity index (χ4v) is 1.65. The minimum atomic E-state index is -1.12. The fourth-order valence-electron chi connectivity index (χ4n) is 1.65. The lowest BCUT2D eigenvalue weighted by atomic mass is 10.0. The van der Waals surface area contributed by atoms with Crippen molar-refractivity contribution in [3.05, 3.63) is 35.1 Å². The molecule has 0 radical (unpaired) electrons. The molecule has 0 aliphatic rings. The molecule has 0 amide bonds. The van der Waals surface area contributed by atoms with Crippen molar-refractivity contribution >= 4 is 5.78 Å². The maximum Gasteiger partial charge on any atom is 0.168 e. The SMILES string of the molecule is CCCCCCC(=O)c1c(F)cc(F)cc1F. The van der Waals surface area contributed by atoms with E-state index in [0.717, 1.165) is 19.3 Å². The number of hydrogen-bond acceptors (Lipinski definition) is 1. The van der Waals surface area contributed by atoms with Gasteiger partial charge in [0.1, 0.15) is 17.5 Å². The Bertz CT molecular complexity index is 379. The van der Waals surface area contributed by atoms with Crippen LogP contribution in [-0.2, 0) is 0 Å². The van der Waals surface area contributed by atoms with Gasteiger partial charge in [0.05, 0.1) is 5.56 Å². The lowest BCUT2D eigenvalue weighted by Crippen LogP contribution is -2.06. The highest BCUT2D eigenvalue weighted by Gasteiger charge is 2.18. The second kappa shape index (κ2) is 6.42. The molecule has 1 nitrogen and oxygen atoms in total. The van der Waals surface area contributed by atoms with Crippen LogP contribution in [0, 0.1) is 17.5 Å². The molecule has 17 heavy (non-hydrogen) atoms. The van der Waals surface area contributed by atoms with Gasteiger partial charge in [0.2, 0.25) is 0 Å². The van der Waals surface area contributed by atoms with Gasteiger partial charge in [-0.1, -0.05) is 26.2 Å². The summed E-state index contributed by atoms with van der Waals surface area (Å²) in [5, 5.41) is 0. The number of carbonyl (C=O) groups excluding carboxylic acids is 1. The lowest BCUT2D eigenvalue weighted by molar-refractivity contribution is 0.0971. The van der Waals surface area contributed by atoms with Gasteiger partial charge in [0.25, 0.3) is 0 Å². The molecule has 0 aliphatic carbocycles. The van der Waals surface area contributed by atoms with Crippen molar-refractivity contribution in [3.63, 3.8) is 0 Å². The second-order valence-corrected chi connectivity index (χ2v) is 3.98. The zero-order chi connectivity index (χ0) is 12.8. The van der Waals surface area contributed by atoms with Gasteiger partial charge in [-0.05, 0) is 6.42 Å². The Labute approximate surface area is 98.6 Å². The monoisotopic (exact) mass is 244 g/mol. The molecule has 1 aromatic rings. The summed E-state index contributed by atoms with van der Waals surface area (Å²) in [5.41, 5.74) is -0.622. The summed E-state index contributed by atoms with van der Waals surface area (Å²) in [5.74, 6) is -3.86. The van der Waals surface area contributed by atoms with Crippen LogP contribution in [0.2, 0.25) is 0 Å². The maximum atomic E-state index is 13.2. The number of Topliss-reactive ketones (excluding diaryl/α,β-unsaturated/α-hetero) is 1. The first-order chi connectivity index (χ1) is 8.06. The van der Waals surface area contributed by atoms with Crippen LogP contribution >= 0.6 is 0 Å². The summed E-state index contributed by atoms with van der Waals surface area (Å²) < 4.78 is 39.1. The largest absolute Gasteiger partial charge is 0.294 e. The molecule has 94 valence electrons. The lowest BCUT2D eigenvalue weighted by Gasteiger charge is -2.04. The zero-order valence-electron chi connectivity index (χ0n) is 9.73. The molecule has 4 heteroatoms. The van der Waals surface area contributed by atoms with Crippen LogP contribution in [0.3, 0.4) is 0 Å². The van der Waals surface area contributed by atoms with Crippen LogP contribution < -0.4 is 0 Å². The van der Waals surface area contributed by atoms with Gasteiger partial charge in [-0.15, -0.1) is 0 Å². The maximum absolute atomic E-state index is 13.2. The number of halogens is 3. The van der Waals surface area contributed by atoms with E-state index in [1.54, 1.807) is 0 Å². The van der Waals surface area contributed by atoms with Gasteiger partial charge in [-0.2, -0.15) is 0 Å². The summed E-state index contributed by atoms with van der Waals surface area (Å²) in [6.45, 7) is 2.03. The summed E-state index contributed by atoms with van der Waals surface area (Å²) >= 11 is 0. The molecule has 1 rings (SSSR count). The first kappa shape index (κ1) is 13.7. The van der Waals surface area contributed by atoms with Crippen LogP contribution in [0.25, 0.3) is 0 Å². The Morgan fingerprint density at radius 3 is 2.18 bits per heavy atom. The molecular formula is C13H15F3O. The summed E-state index contributed by atoms with van der Waals surface area (Å²) in [6.07, 6.45) is 3.56. The minimum Gasteiger partial charge on any atom is -0.294 e. The number of rotatable bonds is 6. The first-order valence-corrected chi connectivity index (χ1v) is 5.74. The predicted octanol–water partition coefficient (Wildman–Crippen LogP) is 4.26. The molecule has 0 bridgehead atoms. The van der Waals surface area contributed by atoms with E-state index in [4.69, 9.17) is 0 Å². The Morgan fingerprint density at radius 2 is 1.65 bits per heavy atom. The van der Waals surface area contributed by atoms with Gasteiger partial charge in [-0.3, -0.25) is 4.79 Å². The number of hydrogen-bond donors (Lipinski definition) is 0. The molecule has 0 atom stereocenters. The van der Waals surface area contributed by atoms with Crippen LogP contribution in [0.4, 0.5) is 13.2 Å². The van der Waals surface area contributed by atoms with Crippen molar-refractivity contribution in [3.8, 4) is 0 Å². The highest BCUT2D eigenvalue weighted by atomic mass is 19.1. The minimum absolute atomic E-state index is 0.0967. The van der Waals surface area contributed by atoms with Gasteiger partial charge >= 0.3 is 0 Å². The van der Waals surface area contributed by atoms with E-state index in [9.17, 15) is 18.0 Å². The van der Waals surface area contributed by atoms with E-state index in [-0.39, 0.29) is 6.42 Å². The van der Waals surface area contributed by atoms with Crippen molar-refractivity contribution in [2.24, 2.45) is 0 Å². The normalized spacial score (nSPS) is 10.6. The smallest absolute Gasteiger partial charge is 0.168 e. The van der Waals surface area contributed by atoms with E-state index < -0.39 is 28.8 Å². The second-order valence-electron chi connectivity index (χ2n) is 3.98. The Balaban J connectivity index is 2.69. The summed E-state index contributed by atoms with van der Waals surface area (Å²) in [6, 6.07) is 1.06. The van der Waals surface area contributed by atoms with Gasteiger partial charge in [0, 0.05) is 18.6 Å². The zero-order valence-corrected chi connectivity index (χ0v) is 9.73. The molecule has 0 unspecified atom stereocenters.